The predicted octanol–water partition coefficient (Wildman–Crippen LogP) is 2.72. The van der Waals surface area contributed by atoms with Crippen molar-refractivity contribution in [1.82, 2.24) is 13.7 Å². The lowest BCUT2D eigenvalue weighted by atomic mass is 9.87. The number of benzene rings is 2. The van der Waals surface area contributed by atoms with E-state index in [1.165, 1.54) is 10.6 Å². The smallest absolute Gasteiger partial charge is 0.419 e. The molecule has 1 N–H and O–H groups in total. The lowest BCUT2D eigenvalue weighted by molar-refractivity contribution is 0.0692. The summed E-state index contributed by atoms with van der Waals surface area (Å²) in [5, 5.41) is 10.2. The minimum atomic E-state index is -1.45. The first-order chi connectivity index (χ1) is 15.8. The molecule has 1 aliphatic rings. The highest BCUT2D eigenvalue weighted by Gasteiger charge is 2.29. The van der Waals surface area contributed by atoms with Crippen LogP contribution in [0.1, 0.15) is 40.4 Å². The standard InChI is InChI=1S/C23H18ClN3O6/c1-25-18-9-8-12(10-19(18)33-23(25)32)26-11-15(21(29)30)20(28)27(22(26)31)17-7-3-4-13-14(17)5-2-6-16(13)24/h2,5-6,8-11,17H,3-4,7H2,1H3,(H,29,30)/t17-/m1/s1. The number of carboxylic acids is 1. The lowest BCUT2D eigenvalue weighted by Crippen LogP contribution is -2.45. The summed E-state index contributed by atoms with van der Waals surface area (Å²) in [4.78, 5) is 50.5. The van der Waals surface area contributed by atoms with Gasteiger partial charge >= 0.3 is 17.4 Å². The molecule has 33 heavy (non-hydrogen) atoms. The number of hydrogen-bond donors (Lipinski definition) is 1. The molecular formula is C23H18ClN3O6. The van der Waals surface area contributed by atoms with E-state index in [0.29, 0.717) is 29.8 Å². The van der Waals surface area contributed by atoms with E-state index < -0.39 is 34.6 Å². The van der Waals surface area contributed by atoms with Crippen LogP contribution < -0.4 is 17.0 Å². The van der Waals surface area contributed by atoms with E-state index in [1.54, 1.807) is 37.4 Å². The molecule has 0 aliphatic heterocycles. The van der Waals surface area contributed by atoms with Gasteiger partial charge in [-0.3, -0.25) is 18.5 Å². The third-order valence-electron chi connectivity index (χ3n) is 6.13. The molecular weight excluding hydrogens is 450 g/mol. The van der Waals surface area contributed by atoms with E-state index in [0.717, 1.165) is 26.5 Å². The van der Waals surface area contributed by atoms with Crippen molar-refractivity contribution in [2.24, 2.45) is 7.05 Å². The van der Waals surface area contributed by atoms with Crippen LogP contribution in [0.2, 0.25) is 5.02 Å². The van der Waals surface area contributed by atoms with Crippen molar-refractivity contribution in [3.8, 4) is 5.69 Å². The van der Waals surface area contributed by atoms with Gasteiger partial charge in [-0.25, -0.2) is 14.4 Å². The molecule has 4 aromatic rings. The molecule has 0 unspecified atom stereocenters. The first-order valence-corrected chi connectivity index (χ1v) is 10.6. The van der Waals surface area contributed by atoms with Crippen LogP contribution in [0.25, 0.3) is 16.8 Å². The molecule has 9 nitrogen and oxygen atoms in total. The van der Waals surface area contributed by atoms with E-state index in [4.69, 9.17) is 16.0 Å². The second kappa shape index (κ2) is 7.63. The fraction of sp³-hybridized carbons (Fsp3) is 0.217. The normalized spacial score (nSPS) is 15.5. The maximum Gasteiger partial charge on any atom is 0.419 e. The summed E-state index contributed by atoms with van der Waals surface area (Å²) in [6.07, 6.45) is 2.88. The van der Waals surface area contributed by atoms with Crippen molar-refractivity contribution in [3.63, 3.8) is 0 Å². The third kappa shape index (κ3) is 3.23. The van der Waals surface area contributed by atoms with Gasteiger partial charge in [0.1, 0.15) is 5.56 Å². The van der Waals surface area contributed by atoms with Crippen molar-refractivity contribution in [1.29, 1.82) is 0 Å². The first-order valence-electron chi connectivity index (χ1n) is 10.3. The second-order valence-corrected chi connectivity index (χ2v) is 8.38. The maximum absolute atomic E-state index is 13.6. The number of fused-ring (bicyclic) bond motifs is 2. The third-order valence-corrected chi connectivity index (χ3v) is 6.49. The number of halogens is 1. The molecule has 168 valence electrons. The summed E-state index contributed by atoms with van der Waals surface area (Å²) in [6, 6.07) is 9.26. The topological polar surface area (TPSA) is 116 Å². The molecule has 0 radical (unpaired) electrons. The SMILES string of the molecule is Cn1c(=O)oc2cc(-n3cc(C(=O)O)c(=O)n([C@@H]4CCCc5c(Cl)cccc54)c3=O)ccc21. The molecule has 0 amide bonds. The van der Waals surface area contributed by atoms with Crippen molar-refractivity contribution in [2.75, 3.05) is 0 Å². The van der Waals surface area contributed by atoms with Crippen LogP contribution >= 0.6 is 11.6 Å². The van der Waals surface area contributed by atoms with Gasteiger partial charge in [0.05, 0.1) is 17.2 Å². The Morgan fingerprint density at radius 2 is 1.97 bits per heavy atom. The summed E-state index contributed by atoms with van der Waals surface area (Å²) in [5.74, 6) is -2.02. The van der Waals surface area contributed by atoms with Crippen LogP contribution in [0.5, 0.6) is 0 Å². The highest BCUT2D eigenvalue weighted by Crippen LogP contribution is 2.35. The Hall–Kier alpha value is -3.85. The molecule has 0 bridgehead atoms. The van der Waals surface area contributed by atoms with Crippen LogP contribution in [0.3, 0.4) is 0 Å². The van der Waals surface area contributed by atoms with Gasteiger partial charge in [-0.2, -0.15) is 0 Å². The molecule has 0 spiro atoms. The highest BCUT2D eigenvalue weighted by atomic mass is 35.5. The number of nitrogens with zero attached hydrogens (tertiary/aromatic N) is 3. The van der Waals surface area contributed by atoms with Gasteiger partial charge in [0, 0.05) is 24.3 Å². The minimum Gasteiger partial charge on any atom is -0.477 e. The quantitative estimate of drug-likeness (QED) is 0.495. The van der Waals surface area contributed by atoms with Crippen LogP contribution in [-0.4, -0.2) is 24.8 Å². The van der Waals surface area contributed by atoms with Gasteiger partial charge in [-0.15, -0.1) is 0 Å². The molecule has 1 atom stereocenters. The second-order valence-electron chi connectivity index (χ2n) is 7.97. The van der Waals surface area contributed by atoms with E-state index in [-0.39, 0.29) is 11.3 Å². The molecule has 10 heteroatoms. The monoisotopic (exact) mass is 467 g/mol. The highest BCUT2D eigenvalue weighted by molar-refractivity contribution is 6.31. The van der Waals surface area contributed by atoms with Gasteiger partial charge in [0.15, 0.2) is 5.58 Å². The average Bonchev–Trinajstić information content (AvgIpc) is 3.07. The van der Waals surface area contributed by atoms with E-state index in [2.05, 4.69) is 0 Å². The van der Waals surface area contributed by atoms with Gasteiger partial charge in [0.2, 0.25) is 0 Å². The van der Waals surface area contributed by atoms with Crippen molar-refractivity contribution in [3.05, 3.63) is 95.7 Å². The Kier molecular flexibility index (Phi) is 4.86. The van der Waals surface area contributed by atoms with Crippen LogP contribution in [0.15, 0.2) is 61.4 Å². The molecule has 0 saturated heterocycles. The molecule has 5 rings (SSSR count). The van der Waals surface area contributed by atoms with E-state index in [1.807, 2.05) is 0 Å². The number of carboxylic acid groups (broad SMARTS) is 1. The fourth-order valence-electron chi connectivity index (χ4n) is 4.50. The first kappa shape index (κ1) is 21.0. The Balaban J connectivity index is 1.79. The predicted molar refractivity (Wildman–Crippen MR) is 121 cm³/mol. The number of aryl methyl sites for hydroxylation is 1. The minimum absolute atomic E-state index is 0.233. The molecule has 2 heterocycles. The molecule has 0 fully saturated rings. The van der Waals surface area contributed by atoms with Gasteiger partial charge < -0.3 is 9.52 Å². The van der Waals surface area contributed by atoms with Crippen LogP contribution in [0.4, 0.5) is 0 Å². The van der Waals surface area contributed by atoms with Crippen molar-refractivity contribution in [2.45, 2.75) is 25.3 Å². The number of rotatable bonds is 3. The molecule has 0 saturated carbocycles. The molecule has 1 aliphatic carbocycles. The van der Waals surface area contributed by atoms with Crippen LogP contribution in [0, 0.1) is 0 Å². The van der Waals surface area contributed by atoms with Gasteiger partial charge in [0.25, 0.3) is 5.56 Å². The molecule has 2 aromatic carbocycles. The summed E-state index contributed by atoms with van der Waals surface area (Å²) in [6.45, 7) is 0. The van der Waals surface area contributed by atoms with Crippen molar-refractivity contribution >= 4 is 28.7 Å². The zero-order chi connectivity index (χ0) is 23.4. The number of oxazole rings is 1. The Morgan fingerprint density at radius 1 is 1.18 bits per heavy atom. The van der Waals surface area contributed by atoms with Crippen LogP contribution in [-0.2, 0) is 13.5 Å². The average molecular weight is 468 g/mol. The Morgan fingerprint density at radius 3 is 2.73 bits per heavy atom. The fourth-order valence-corrected chi connectivity index (χ4v) is 4.77. The summed E-state index contributed by atoms with van der Waals surface area (Å²) < 4.78 is 8.60. The number of aromatic nitrogens is 3. The van der Waals surface area contributed by atoms with Gasteiger partial charge in [-0.1, -0.05) is 23.7 Å². The lowest BCUT2D eigenvalue weighted by Gasteiger charge is -2.28. The molecule has 2 aromatic heterocycles. The largest absolute Gasteiger partial charge is 0.477 e. The zero-order valence-corrected chi connectivity index (χ0v) is 18.2. The van der Waals surface area contributed by atoms with Gasteiger partial charge in [-0.05, 0) is 48.6 Å². The number of hydrogen-bond acceptors (Lipinski definition) is 5. The maximum atomic E-state index is 13.6. The number of carbonyl (C=O) groups is 1. The summed E-state index contributed by atoms with van der Waals surface area (Å²) >= 11 is 6.35. The summed E-state index contributed by atoms with van der Waals surface area (Å²) in [5.41, 5.74) is 0.469. The summed E-state index contributed by atoms with van der Waals surface area (Å²) in [7, 11) is 1.55. The Labute approximate surface area is 190 Å². The van der Waals surface area contributed by atoms with Crippen molar-refractivity contribution < 1.29 is 14.3 Å². The number of aromatic carboxylic acids is 1. The van der Waals surface area contributed by atoms with E-state index in [9.17, 15) is 24.3 Å². The zero-order valence-electron chi connectivity index (χ0n) is 17.4. The van der Waals surface area contributed by atoms with E-state index >= 15 is 0 Å². The Bertz CT molecular complexity index is 1620.